The number of rotatable bonds is 3. The summed E-state index contributed by atoms with van der Waals surface area (Å²) in [7, 11) is 0. The third-order valence-electron chi connectivity index (χ3n) is 3.16. The summed E-state index contributed by atoms with van der Waals surface area (Å²) in [6.45, 7) is 0. The van der Waals surface area contributed by atoms with Crippen LogP contribution < -0.4 is 5.32 Å². The van der Waals surface area contributed by atoms with Gasteiger partial charge in [0.05, 0.1) is 0 Å². The van der Waals surface area contributed by atoms with Crippen molar-refractivity contribution in [3.8, 4) is 0 Å². The first-order valence-electron chi connectivity index (χ1n) is 6.61. The average Bonchev–Trinajstić information content (AvgIpc) is 2.82. The van der Waals surface area contributed by atoms with Gasteiger partial charge in [0.15, 0.2) is 0 Å². The molecule has 0 aliphatic carbocycles. The SMILES string of the molecule is O=C1NC(Cc2ccccc2)=N/C1=C\c1ccccc1Cl. The Kier molecular flexibility index (Phi) is 3.84. The standard InChI is InChI=1S/C17H13ClN2O/c18-14-9-5-4-8-13(14)11-15-17(21)20-16(19-15)10-12-6-2-1-3-7-12/h1-9,11H,10H2,(H,19,20,21)/b15-11-. The Morgan fingerprint density at radius 2 is 1.76 bits per heavy atom. The van der Waals surface area contributed by atoms with Gasteiger partial charge in [0.2, 0.25) is 0 Å². The minimum atomic E-state index is -0.194. The molecular formula is C17H13ClN2O. The van der Waals surface area contributed by atoms with Gasteiger partial charge in [0.25, 0.3) is 5.91 Å². The second-order valence-corrected chi connectivity index (χ2v) is 5.13. The van der Waals surface area contributed by atoms with E-state index >= 15 is 0 Å². The van der Waals surface area contributed by atoms with Gasteiger partial charge >= 0.3 is 0 Å². The molecule has 0 saturated heterocycles. The molecule has 0 bridgehead atoms. The van der Waals surface area contributed by atoms with E-state index in [9.17, 15) is 4.79 Å². The molecule has 104 valence electrons. The van der Waals surface area contributed by atoms with Gasteiger partial charge in [0, 0.05) is 11.4 Å². The van der Waals surface area contributed by atoms with E-state index < -0.39 is 0 Å². The van der Waals surface area contributed by atoms with E-state index in [1.807, 2.05) is 48.5 Å². The maximum atomic E-state index is 12.0. The minimum absolute atomic E-state index is 0.194. The predicted octanol–water partition coefficient (Wildman–Crippen LogP) is 3.45. The first-order chi connectivity index (χ1) is 10.2. The Morgan fingerprint density at radius 3 is 2.52 bits per heavy atom. The van der Waals surface area contributed by atoms with Crippen LogP contribution in [0, 0.1) is 0 Å². The van der Waals surface area contributed by atoms with Crippen molar-refractivity contribution in [1.29, 1.82) is 0 Å². The fourth-order valence-corrected chi connectivity index (χ4v) is 2.32. The van der Waals surface area contributed by atoms with Crippen LogP contribution in [0.25, 0.3) is 6.08 Å². The summed E-state index contributed by atoms with van der Waals surface area (Å²) in [5.41, 5.74) is 2.28. The maximum absolute atomic E-state index is 12.0. The van der Waals surface area contributed by atoms with Crippen molar-refractivity contribution in [3.63, 3.8) is 0 Å². The number of carbonyl (C=O) groups excluding carboxylic acids is 1. The normalized spacial score (nSPS) is 16.0. The summed E-state index contributed by atoms with van der Waals surface area (Å²) < 4.78 is 0. The molecule has 1 N–H and O–H groups in total. The summed E-state index contributed by atoms with van der Waals surface area (Å²) in [6.07, 6.45) is 2.31. The number of nitrogens with one attached hydrogen (secondary N) is 1. The number of hydrogen-bond acceptors (Lipinski definition) is 2. The highest BCUT2D eigenvalue weighted by atomic mass is 35.5. The van der Waals surface area contributed by atoms with Crippen LogP contribution >= 0.6 is 11.6 Å². The van der Waals surface area contributed by atoms with Crippen LogP contribution in [-0.2, 0) is 11.2 Å². The summed E-state index contributed by atoms with van der Waals surface area (Å²) in [6, 6.07) is 17.3. The van der Waals surface area contributed by atoms with Gasteiger partial charge in [-0.05, 0) is 23.3 Å². The molecule has 0 fully saturated rings. The summed E-state index contributed by atoms with van der Waals surface area (Å²) in [4.78, 5) is 16.3. The molecule has 2 aromatic carbocycles. The lowest BCUT2D eigenvalue weighted by Crippen LogP contribution is -2.25. The van der Waals surface area contributed by atoms with Gasteiger partial charge in [-0.25, -0.2) is 4.99 Å². The highest BCUT2D eigenvalue weighted by Crippen LogP contribution is 2.20. The number of amides is 1. The Labute approximate surface area is 128 Å². The molecule has 2 aromatic rings. The van der Waals surface area contributed by atoms with Crippen molar-refractivity contribution < 1.29 is 4.79 Å². The Bertz CT molecular complexity index is 735. The van der Waals surface area contributed by atoms with Crippen LogP contribution in [0.15, 0.2) is 65.3 Å². The monoisotopic (exact) mass is 296 g/mol. The van der Waals surface area contributed by atoms with Gasteiger partial charge in [-0.2, -0.15) is 0 Å². The first kappa shape index (κ1) is 13.6. The van der Waals surface area contributed by atoms with E-state index in [4.69, 9.17) is 11.6 Å². The molecule has 0 atom stereocenters. The summed E-state index contributed by atoms with van der Waals surface area (Å²) in [5, 5.41) is 3.39. The molecule has 4 heteroatoms. The molecule has 1 aliphatic heterocycles. The van der Waals surface area contributed by atoms with Crippen molar-refractivity contribution in [2.75, 3.05) is 0 Å². The minimum Gasteiger partial charge on any atom is -0.308 e. The van der Waals surface area contributed by atoms with Crippen molar-refractivity contribution in [2.24, 2.45) is 4.99 Å². The first-order valence-corrected chi connectivity index (χ1v) is 6.99. The molecule has 0 unspecified atom stereocenters. The highest BCUT2D eigenvalue weighted by molar-refractivity contribution is 6.32. The third-order valence-corrected chi connectivity index (χ3v) is 3.50. The van der Waals surface area contributed by atoms with Gasteiger partial charge in [-0.1, -0.05) is 60.1 Å². The number of nitrogens with zero attached hydrogens (tertiary/aromatic N) is 1. The van der Waals surface area contributed by atoms with Crippen molar-refractivity contribution in [1.82, 2.24) is 5.32 Å². The molecule has 3 nitrogen and oxygen atoms in total. The predicted molar refractivity (Wildman–Crippen MR) is 85.2 cm³/mol. The lowest BCUT2D eigenvalue weighted by molar-refractivity contribution is -0.115. The number of halogens is 1. The zero-order chi connectivity index (χ0) is 14.7. The smallest absolute Gasteiger partial charge is 0.275 e. The summed E-state index contributed by atoms with van der Waals surface area (Å²) in [5.74, 6) is 0.463. The molecule has 1 aliphatic rings. The number of carbonyl (C=O) groups is 1. The van der Waals surface area contributed by atoms with Gasteiger partial charge < -0.3 is 5.32 Å². The van der Waals surface area contributed by atoms with E-state index in [0.29, 0.717) is 23.0 Å². The fraction of sp³-hybridized carbons (Fsp3) is 0.0588. The molecule has 3 rings (SSSR count). The van der Waals surface area contributed by atoms with Crippen molar-refractivity contribution in [3.05, 3.63) is 76.4 Å². The molecule has 0 saturated carbocycles. The van der Waals surface area contributed by atoms with Crippen molar-refractivity contribution in [2.45, 2.75) is 6.42 Å². The molecule has 0 spiro atoms. The van der Waals surface area contributed by atoms with Crippen LogP contribution in [0.5, 0.6) is 0 Å². The lowest BCUT2D eigenvalue weighted by Gasteiger charge is -1.99. The van der Waals surface area contributed by atoms with Gasteiger partial charge in [0.1, 0.15) is 11.5 Å². The summed E-state index contributed by atoms with van der Waals surface area (Å²) >= 11 is 6.09. The van der Waals surface area contributed by atoms with E-state index in [1.165, 1.54) is 0 Å². The largest absolute Gasteiger partial charge is 0.308 e. The molecule has 21 heavy (non-hydrogen) atoms. The second-order valence-electron chi connectivity index (χ2n) is 4.73. The van der Waals surface area contributed by atoms with E-state index in [0.717, 1.165) is 11.1 Å². The molecular weight excluding hydrogens is 284 g/mol. The third kappa shape index (κ3) is 3.20. The van der Waals surface area contributed by atoms with Crippen LogP contribution in [0.4, 0.5) is 0 Å². The van der Waals surface area contributed by atoms with Crippen LogP contribution in [0.3, 0.4) is 0 Å². The zero-order valence-corrected chi connectivity index (χ0v) is 12.0. The Balaban J connectivity index is 1.84. The molecule has 1 heterocycles. The van der Waals surface area contributed by atoms with Gasteiger partial charge in [-0.3, -0.25) is 4.79 Å². The maximum Gasteiger partial charge on any atom is 0.275 e. The number of aliphatic imine (C=N–C) groups is 1. The number of hydrogen-bond donors (Lipinski definition) is 1. The fourth-order valence-electron chi connectivity index (χ4n) is 2.13. The van der Waals surface area contributed by atoms with Crippen LogP contribution in [0.2, 0.25) is 5.02 Å². The molecule has 1 amide bonds. The van der Waals surface area contributed by atoms with Crippen LogP contribution in [-0.4, -0.2) is 11.7 Å². The Morgan fingerprint density at radius 1 is 1.05 bits per heavy atom. The number of benzene rings is 2. The van der Waals surface area contributed by atoms with Crippen LogP contribution in [0.1, 0.15) is 11.1 Å². The topological polar surface area (TPSA) is 41.5 Å². The zero-order valence-electron chi connectivity index (χ0n) is 11.2. The molecule has 0 aromatic heterocycles. The van der Waals surface area contributed by atoms with Gasteiger partial charge in [-0.15, -0.1) is 0 Å². The quantitative estimate of drug-likeness (QED) is 0.866. The number of amidine groups is 1. The average molecular weight is 297 g/mol. The Hall–Kier alpha value is -2.39. The van der Waals surface area contributed by atoms with Crippen molar-refractivity contribution >= 4 is 29.4 Å². The highest BCUT2D eigenvalue weighted by Gasteiger charge is 2.20. The van der Waals surface area contributed by atoms with E-state index in [1.54, 1.807) is 12.1 Å². The lowest BCUT2D eigenvalue weighted by atomic mass is 10.1. The molecule has 0 radical (unpaired) electrons. The van der Waals surface area contributed by atoms with E-state index in [-0.39, 0.29) is 5.91 Å². The van der Waals surface area contributed by atoms with E-state index in [2.05, 4.69) is 10.3 Å². The second kappa shape index (κ2) is 5.94.